The van der Waals surface area contributed by atoms with Crippen molar-refractivity contribution in [1.29, 1.82) is 0 Å². The zero-order valence-corrected chi connectivity index (χ0v) is 18.6. The van der Waals surface area contributed by atoms with Crippen LogP contribution in [0, 0.1) is 21.7 Å². The van der Waals surface area contributed by atoms with Crippen molar-refractivity contribution in [2.75, 3.05) is 0 Å². The summed E-state index contributed by atoms with van der Waals surface area (Å²) >= 11 is 0. The highest BCUT2D eigenvalue weighted by atomic mass is 16.1. The fourth-order valence-electron chi connectivity index (χ4n) is 2.22. The van der Waals surface area contributed by atoms with Gasteiger partial charge in [0.2, 0.25) is 0 Å². The molecule has 2 nitrogen and oxygen atoms in total. The van der Waals surface area contributed by atoms with Gasteiger partial charge in [-0.3, -0.25) is 9.59 Å². The molecule has 0 aliphatic heterocycles. The summed E-state index contributed by atoms with van der Waals surface area (Å²) in [4.78, 5) is 23.0. The van der Waals surface area contributed by atoms with E-state index in [4.69, 9.17) is 0 Å². The van der Waals surface area contributed by atoms with Crippen LogP contribution in [0.5, 0.6) is 0 Å². The molecule has 0 heterocycles. The maximum atomic E-state index is 11.5. The molecule has 0 fully saturated rings. The van der Waals surface area contributed by atoms with Crippen LogP contribution >= 0.6 is 0 Å². The van der Waals surface area contributed by atoms with Crippen molar-refractivity contribution >= 4 is 11.6 Å². The van der Waals surface area contributed by atoms with Crippen LogP contribution in [0.15, 0.2) is 0 Å². The van der Waals surface area contributed by atoms with Crippen LogP contribution in [-0.4, -0.2) is 11.6 Å². The van der Waals surface area contributed by atoms with Gasteiger partial charge in [-0.25, -0.2) is 0 Å². The van der Waals surface area contributed by atoms with Gasteiger partial charge < -0.3 is 0 Å². The molecule has 0 aliphatic carbocycles. The molecule has 0 aromatic rings. The maximum absolute atomic E-state index is 11.5. The van der Waals surface area contributed by atoms with E-state index in [9.17, 15) is 9.59 Å². The van der Waals surface area contributed by atoms with E-state index in [1.807, 2.05) is 41.5 Å². The van der Waals surface area contributed by atoms with E-state index in [-0.39, 0.29) is 18.0 Å². The highest BCUT2D eigenvalue weighted by Gasteiger charge is 2.29. The molecule has 0 aliphatic rings. The number of hydrogen-bond donors (Lipinski definition) is 0. The van der Waals surface area contributed by atoms with Gasteiger partial charge in [-0.2, -0.15) is 0 Å². The molecule has 0 atom stereocenters. The SMILES string of the molecule is CC(C)(C)C(=O)CC(=O)C(C)(C)C.CCC(C)(C)CC(C)(C)CC. The smallest absolute Gasteiger partial charge is 0.145 e. The second-order valence-corrected chi connectivity index (χ2v) is 10.7. The summed E-state index contributed by atoms with van der Waals surface area (Å²) in [6, 6.07) is 0. The average molecular weight is 341 g/mol. The number of carbonyl (C=O) groups excluding carboxylic acids is 2. The number of hydrogen-bond acceptors (Lipinski definition) is 2. The number of ketones is 2. The monoisotopic (exact) mass is 340 g/mol. The lowest BCUT2D eigenvalue weighted by Gasteiger charge is -2.33. The quantitative estimate of drug-likeness (QED) is 0.495. The third-order valence-corrected chi connectivity index (χ3v) is 4.87. The fraction of sp³-hybridized carbons (Fsp3) is 0.909. The number of carbonyl (C=O) groups is 2. The first-order valence-electron chi connectivity index (χ1n) is 9.44. The minimum absolute atomic E-state index is 0.0208. The van der Waals surface area contributed by atoms with E-state index in [1.165, 1.54) is 19.3 Å². The van der Waals surface area contributed by atoms with E-state index in [0.717, 1.165) is 0 Å². The Balaban J connectivity index is 0. The summed E-state index contributed by atoms with van der Waals surface area (Å²) < 4.78 is 0. The molecule has 0 saturated carbocycles. The Kier molecular flexibility index (Phi) is 9.75. The molecule has 0 saturated heterocycles. The molecule has 0 unspecified atom stereocenters. The number of rotatable bonds is 6. The zero-order chi connectivity index (χ0) is 20.0. The van der Waals surface area contributed by atoms with Gasteiger partial charge in [-0.1, -0.05) is 95.9 Å². The van der Waals surface area contributed by atoms with Gasteiger partial charge in [0.15, 0.2) is 0 Å². The Morgan fingerprint density at radius 1 is 0.583 bits per heavy atom. The van der Waals surface area contributed by atoms with Crippen molar-refractivity contribution in [2.24, 2.45) is 21.7 Å². The Labute approximate surface area is 152 Å². The molecule has 144 valence electrons. The molecule has 0 rings (SSSR count). The first kappa shape index (κ1) is 25.6. The van der Waals surface area contributed by atoms with Crippen molar-refractivity contribution in [1.82, 2.24) is 0 Å². The van der Waals surface area contributed by atoms with Crippen molar-refractivity contribution in [3.8, 4) is 0 Å². The van der Waals surface area contributed by atoms with Crippen LogP contribution in [0.2, 0.25) is 0 Å². The topological polar surface area (TPSA) is 34.1 Å². The van der Waals surface area contributed by atoms with E-state index in [2.05, 4.69) is 41.5 Å². The minimum atomic E-state index is -0.402. The van der Waals surface area contributed by atoms with E-state index in [0.29, 0.717) is 10.8 Å². The third kappa shape index (κ3) is 11.8. The van der Waals surface area contributed by atoms with Crippen molar-refractivity contribution < 1.29 is 9.59 Å². The third-order valence-electron chi connectivity index (χ3n) is 4.87. The van der Waals surface area contributed by atoms with Crippen LogP contribution in [0.1, 0.15) is 109 Å². The Bertz CT molecular complexity index is 363. The lowest BCUT2D eigenvalue weighted by Crippen LogP contribution is -2.28. The molecule has 0 radical (unpaired) electrons. The maximum Gasteiger partial charge on any atom is 0.145 e. The Morgan fingerprint density at radius 2 is 0.833 bits per heavy atom. The van der Waals surface area contributed by atoms with E-state index in [1.54, 1.807) is 0 Å². The van der Waals surface area contributed by atoms with Crippen LogP contribution < -0.4 is 0 Å². The second-order valence-electron chi connectivity index (χ2n) is 10.7. The largest absolute Gasteiger partial charge is 0.299 e. The van der Waals surface area contributed by atoms with Crippen LogP contribution in [-0.2, 0) is 9.59 Å². The zero-order valence-electron chi connectivity index (χ0n) is 18.6. The molecule has 0 aromatic heterocycles. The van der Waals surface area contributed by atoms with E-state index >= 15 is 0 Å². The molecule has 0 aromatic carbocycles. The lowest BCUT2D eigenvalue weighted by atomic mass is 9.72. The Hall–Kier alpha value is -0.660. The summed E-state index contributed by atoms with van der Waals surface area (Å²) in [5, 5.41) is 0. The molecule has 0 spiro atoms. The molecule has 0 N–H and O–H groups in total. The molecular formula is C22H44O2. The fourth-order valence-corrected chi connectivity index (χ4v) is 2.22. The second kappa shape index (κ2) is 9.15. The molecule has 0 bridgehead atoms. The standard InChI is InChI=1S/C11H20O2.C11H24/c1-10(2,3)8(12)7-9(13)11(4,5)6;1-7-10(3,4)9-11(5,6)8-2/h7H2,1-6H3;7-9H2,1-6H3. The molecular weight excluding hydrogens is 296 g/mol. The summed E-state index contributed by atoms with van der Waals surface area (Å²) in [5.74, 6) is 0.0415. The first-order valence-corrected chi connectivity index (χ1v) is 9.44. The molecule has 24 heavy (non-hydrogen) atoms. The summed E-state index contributed by atoms with van der Waals surface area (Å²) in [6.07, 6.45) is 3.98. The van der Waals surface area contributed by atoms with Crippen molar-refractivity contribution in [3.05, 3.63) is 0 Å². The normalized spacial score (nSPS) is 13.2. The molecule has 2 heteroatoms. The van der Waals surface area contributed by atoms with E-state index < -0.39 is 10.8 Å². The molecule has 0 amide bonds. The van der Waals surface area contributed by atoms with Gasteiger partial charge in [0.05, 0.1) is 6.42 Å². The summed E-state index contributed by atoms with van der Waals surface area (Å²) in [6.45, 7) is 25.1. The Morgan fingerprint density at radius 3 is 1.00 bits per heavy atom. The lowest BCUT2D eigenvalue weighted by molar-refractivity contribution is -0.135. The predicted molar refractivity (Wildman–Crippen MR) is 106 cm³/mol. The van der Waals surface area contributed by atoms with Crippen LogP contribution in [0.25, 0.3) is 0 Å². The van der Waals surface area contributed by atoms with Crippen molar-refractivity contribution in [3.63, 3.8) is 0 Å². The first-order chi connectivity index (χ1) is 10.4. The van der Waals surface area contributed by atoms with Gasteiger partial charge in [0.25, 0.3) is 0 Å². The summed E-state index contributed by atoms with van der Waals surface area (Å²) in [5.41, 5.74) is 0.251. The average Bonchev–Trinajstić information content (AvgIpc) is 2.36. The van der Waals surface area contributed by atoms with Gasteiger partial charge >= 0.3 is 0 Å². The number of Topliss-reactive ketones (excluding diaryl/α,β-unsaturated/α-hetero) is 2. The highest BCUT2D eigenvalue weighted by Crippen LogP contribution is 2.37. The minimum Gasteiger partial charge on any atom is -0.299 e. The van der Waals surface area contributed by atoms with Gasteiger partial charge in [0, 0.05) is 10.8 Å². The van der Waals surface area contributed by atoms with Gasteiger partial charge in [-0.15, -0.1) is 0 Å². The van der Waals surface area contributed by atoms with Crippen molar-refractivity contribution in [2.45, 2.75) is 109 Å². The summed E-state index contributed by atoms with van der Waals surface area (Å²) in [7, 11) is 0. The van der Waals surface area contributed by atoms with Gasteiger partial charge in [-0.05, 0) is 17.3 Å². The van der Waals surface area contributed by atoms with Crippen LogP contribution in [0.3, 0.4) is 0 Å². The van der Waals surface area contributed by atoms with Gasteiger partial charge in [0.1, 0.15) is 11.6 Å². The van der Waals surface area contributed by atoms with Crippen LogP contribution in [0.4, 0.5) is 0 Å². The highest BCUT2D eigenvalue weighted by molar-refractivity contribution is 6.03. The predicted octanol–water partition coefficient (Wildman–Crippen LogP) is 6.86.